The minimum Gasteiger partial charge on any atom is -0.406 e. The summed E-state index contributed by atoms with van der Waals surface area (Å²) in [5, 5.41) is 2.62. The number of nitrogens with one attached hydrogen (secondary N) is 1. The third kappa shape index (κ3) is 7.43. The molecule has 2 rings (SSSR count). The number of amides is 2. The molecule has 1 aromatic rings. The predicted octanol–water partition coefficient (Wildman–Crippen LogP) is 1.41. The number of nitrogens with zero attached hydrogens (tertiary/aromatic N) is 2. The van der Waals surface area contributed by atoms with E-state index in [1.54, 1.807) is 11.8 Å². The number of rotatable bonds is 6. The molecule has 1 aliphatic heterocycles. The summed E-state index contributed by atoms with van der Waals surface area (Å²) >= 11 is 0. The number of nitrogens with two attached hydrogens (primary N) is 1. The fourth-order valence-electron chi connectivity index (χ4n) is 2.70. The van der Waals surface area contributed by atoms with Crippen molar-refractivity contribution in [2.24, 2.45) is 5.73 Å². The topological polar surface area (TPSA) is 87.9 Å². The lowest BCUT2D eigenvalue weighted by atomic mass is 10.2. The van der Waals surface area contributed by atoms with Gasteiger partial charge >= 0.3 is 6.36 Å². The highest BCUT2D eigenvalue weighted by molar-refractivity contribution is 5.92. The van der Waals surface area contributed by atoms with Gasteiger partial charge in [-0.15, -0.1) is 13.2 Å². The second-order valence-electron chi connectivity index (χ2n) is 6.46. The molecular formula is C17H23F3N4O3. The van der Waals surface area contributed by atoms with Gasteiger partial charge in [-0.2, -0.15) is 0 Å². The van der Waals surface area contributed by atoms with E-state index >= 15 is 0 Å². The van der Waals surface area contributed by atoms with Crippen LogP contribution in [0.2, 0.25) is 0 Å². The highest BCUT2D eigenvalue weighted by atomic mass is 19.4. The number of alkyl halides is 3. The van der Waals surface area contributed by atoms with Crippen molar-refractivity contribution in [1.82, 2.24) is 9.80 Å². The third-order valence-corrected chi connectivity index (χ3v) is 3.96. The van der Waals surface area contributed by atoms with Gasteiger partial charge in [0.05, 0.1) is 6.54 Å². The van der Waals surface area contributed by atoms with Gasteiger partial charge in [-0.05, 0) is 31.2 Å². The average Bonchev–Trinajstić information content (AvgIpc) is 2.55. The molecule has 150 valence electrons. The molecule has 0 aromatic heterocycles. The molecule has 1 aromatic carbocycles. The highest BCUT2D eigenvalue weighted by Crippen LogP contribution is 2.23. The van der Waals surface area contributed by atoms with Crippen LogP contribution < -0.4 is 15.8 Å². The van der Waals surface area contributed by atoms with Gasteiger partial charge in [0, 0.05) is 44.3 Å². The normalized spacial score (nSPS) is 16.7. The Labute approximate surface area is 155 Å². The number of hydrogen-bond acceptors (Lipinski definition) is 5. The van der Waals surface area contributed by atoms with Crippen LogP contribution in [0.3, 0.4) is 0 Å². The van der Waals surface area contributed by atoms with E-state index in [9.17, 15) is 22.8 Å². The van der Waals surface area contributed by atoms with Crippen LogP contribution in [0.25, 0.3) is 0 Å². The van der Waals surface area contributed by atoms with E-state index in [-0.39, 0.29) is 30.2 Å². The zero-order valence-electron chi connectivity index (χ0n) is 15.0. The fourth-order valence-corrected chi connectivity index (χ4v) is 2.70. The van der Waals surface area contributed by atoms with Gasteiger partial charge in [0.1, 0.15) is 5.75 Å². The molecule has 10 heteroatoms. The summed E-state index contributed by atoms with van der Waals surface area (Å²) < 4.78 is 40.1. The van der Waals surface area contributed by atoms with Crippen molar-refractivity contribution < 1.29 is 27.5 Å². The van der Waals surface area contributed by atoms with Crippen molar-refractivity contribution in [3.05, 3.63) is 24.3 Å². The minimum atomic E-state index is -4.75. The molecule has 1 fully saturated rings. The molecule has 3 N–H and O–H groups in total. The molecule has 1 unspecified atom stereocenters. The number of benzene rings is 1. The van der Waals surface area contributed by atoms with Crippen LogP contribution in [0.1, 0.15) is 13.3 Å². The van der Waals surface area contributed by atoms with E-state index in [1.165, 1.54) is 12.1 Å². The highest BCUT2D eigenvalue weighted by Gasteiger charge is 2.31. The molecule has 0 aliphatic carbocycles. The first-order valence-corrected chi connectivity index (χ1v) is 8.54. The molecular weight excluding hydrogens is 365 g/mol. The summed E-state index contributed by atoms with van der Waals surface area (Å²) in [6, 6.07) is 4.75. The molecule has 1 saturated heterocycles. The lowest BCUT2D eigenvalue weighted by molar-refractivity contribution is -0.274. The van der Waals surface area contributed by atoms with Crippen LogP contribution >= 0.6 is 0 Å². The number of piperazine rings is 1. The summed E-state index contributed by atoms with van der Waals surface area (Å²) in [6.45, 7) is 4.11. The standard InChI is InChI=1S/C17H23F3N4O3/c1-12(21)10-16(26)24-8-6-23(7-9-24)11-15(25)22-13-2-4-14(5-3-13)27-17(18,19)20/h2-5,12H,6-11,21H2,1H3,(H,22,25). The molecule has 1 heterocycles. The number of carbonyl (C=O) groups is 2. The van der Waals surface area contributed by atoms with E-state index < -0.39 is 6.36 Å². The molecule has 2 amide bonds. The monoisotopic (exact) mass is 388 g/mol. The summed E-state index contributed by atoms with van der Waals surface area (Å²) in [4.78, 5) is 27.7. The Morgan fingerprint density at radius 2 is 1.78 bits per heavy atom. The lowest BCUT2D eigenvalue weighted by Crippen LogP contribution is -2.51. The Morgan fingerprint density at radius 1 is 1.19 bits per heavy atom. The number of halogens is 3. The van der Waals surface area contributed by atoms with E-state index in [2.05, 4.69) is 10.1 Å². The first-order chi connectivity index (χ1) is 12.6. The molecule has 1 aliphatic rings. The number of ether oxygens (including phenoxy) is 1. The van der Waals surface area contributed by atoms with Crippen LogP contribution in [0.15, 0.2) is 24.3 Å². The molecule has 0 saturated carbocycles. The van der Waals surface area contributed by atoms with Crippen LogP contribution in [0.5, 0.6) is 5.75 Å². The first kappa shape index (κ1) is 21.0. The predicted molar refractivity (Wildman–Crippen MR) is 93.0 cm³/mol. The SMILES string of the molecule is CC(N)CC(=O)N1CCN(CC(=O)Nc2ccc(OC(F)(F)F)cc2)CC1. The van der Waals surface area contributed by atoms with Crippen molar-refractivity contribution in [2.45, 2.75) is 25.7 Å². The molecule has 1 atom stereocenters. The Kier molecular flexibility index (Phi) is 7.03. The van der Waals surface area contributed by atoms with Crippen molar-refractivity contribution in [3.8, 4) is 5.75 Å². The lowest BCUT2D eigenvalue weighted by Gasteiger charge is -2.34. The molecule has 0 radical (unpaired) electrons. The maximum atomic E-state index is 12.1. The molecule has 0 spiro atoms. The van der Waals surface area contributed by atoms with Crippen molar-refractivity contribution in [1.29, 1.82) is 0 Å². The van der Waals surface area contributed by atoms with E-state index in [4.69, 9.17) is 5.73 Å². The second-order valence-corrected chi connectivity index (χ2v) is 6.46. The zero-order valence-corrected chi connectivity index (χ0v) is 15.0. The molecule has 7 nitrogen and oxygen atoms in total. The van der Waals surface area contributed by atoms with E-state index in [0.29, 0.717) is 38.3 Å². The first-order valence-electron chi connectivity index (χ1n) is 8.54. The number of anilines is 1. The van der Waals surface area contributed by atoms with Crippen LogP contribution in [-0.4, -0.2) is 66.7 Å². The van der Waals surface area contributed by atoms with Crippen LogP contribution in [0.4, 0.5) is 18.9 Å². The van der Waals surface area contributed by atoms with Gasteiger partial charge in [0.25, 0.3) is 0 Å². The Morgan fingerprint density at radius 3 is 2.30 bits per heavy atom. The average molecular weight is 388 g/mol. The maximum absolute atomic E-state index is 12.1. The Balaban J connectivity index is 1.76. The van der Waals surface area contributed by atoms with Gasteiger partial charge in [-0.25, -0.2) is 0 Å². The third-order valence-electron chi connectivity index (χ3n) is 3.96. The van der Waals surface area contributed by atoms with E-state index in [0.717, 1.165) is 12.1 Å². The Bertz CT molecular complexity index is 642. The summed E-state index contributed by atoms with van der Waals surface area (Å²) in [5.74, 6) is -0.627. The van der Waals surface area contributed by atoms with Crippen molar-refractivity contribution >= 4 is 17.5 Å². The molecule has 27 heavy (non-hydrogen) atoms. The van der Waals surface area contributed by atoms with Crippen LogP contribution in [0, 0.1) is 0 Å². The summed E-state index contributed by atoms with van der Waals surface area (Å²) in [5.41, 5.74) is 6.01. The summed E-state index contributed by atoms with van der Waals surface area (Å²) in [7, 11) is 0. The van der Waals surface area contributed by atoms with Gasteiger partial charge < -0.3 is 20.7 Å². The second kappa shape index (κ2) is 9.05. The smallest absolute Gasteiger partial charge is 0.406 e. The van der Waals surface area contributed by atoms with E-state index in [1.807, 2.05) is 4.90 Å². The van der Waals surface area contributed by atoms with Gasteiger partial charge in [-0.3, -0.25) is 14.5 Å². The maximum Gasteiger partial charge on any atom is 0.573 e. The quantitative estimate of drug-likeness (QED) is 0.769. The fraction of sp³-hybridized carbons (Fsp3) is 0.529. The zero-order chi connectivity index (χ0) is 20.0. The Hall–Kier alpha value is -2.33. The van der Waals surface area contributed by atoms with Gasteiger partial charge in [-0.1, -0.05) is 0 Å². The number of carbonyl (C=O) groups excluding carboxylic acids is 2. The van der Waals surface area contributed by atoms with Crippen molar-refractivity contribution in [3.63, 3.8) is 0 Å². The minimum absolute atomic E-state index is 0.00951. The number of hydrogen-bond donors (Lipinski definition) is 2. The van der Waals surface area contributed by atoms with Crippen LogP contribution in [-0.2, 0) is 9.59 Å². The largest absolute Gasteiger partial charge is 0.573 e. The van der Waals surface area contributed by atoms with Crippen molar-refractivity contribution in [2.75, 3.05) is 38.0 Å². The van der Waals surface area contributed by atoms with Gasteiger partial charge in [0.15, 0.2) is 0 Å². The molecule has 0 bridgehead atoms. The summed E-state index contributed by atoms with van der Waals surface area (Å²) in [6.07, 6.45) is -4.45. The van der Waals surface area contributed by atoms with Gasteiger partial charge in [0.2, 0.25) is 11.8 Å².